The molecule has 0 aliphatic carbocycles. The Morgan fingerprint density at radius 3 is 2.28 bits per heavy atom. The predicted octanol–water partition coefficient (Wildman–Crippen LogP) is 5.46. The second-order valence-electron chi connectivity index (χ2n) is 8.37. The first-order chi connectivity index (χ1) is 17.2. The van der Waals surface area contributed by atoms with Crippen molar-refractivity contribution in [1.82, 2.24) is 4.31 Å². The van der Waals surface area contributed by atoms with E-state index >= 15 is 0 Å². The number of sulfonamides is 1. The third-order valence-electron chi connectivity index (χ3n) is 5.99. The Labute approximate surface area is 221 Å². The van der Waals surface area contributed by atoms with Crippen molar-refractivity contribution >= 4 is 50.5 Å². The van der Waals surface area contributed by atoms with E-state index in [0.29, 0.717) is 54.1 Å². The summed E-state index contributed by atoms with van der Waals surface area (Å²) in [7, 11) is -3.79. The summed E-state index contributed by atoms with van der Waals surface area (Å²) in [6, 6.07) is 16.7. The highest BCUT2D eigenvalue weighted by molar-refractivity contribution is 7.89. The number of hydrogen-bond donors (Lipinski definition) is 1. The summed E-state index contributed by atoms with van der Waals surface area (Å²) in [4.78, 5) is 15.0. The molecule has 1 amide bonds. The first-order valence-corrected chi connectivity index (χ1v) is 13.7. The lowest BCUT2D eigenvalue weighted by Crippen LogP contribution is -2.48. The lowest BCUT2D eigenvalue weighted by Gasteiger charge is -2.36. The molecule has 7 nitrogen and oxygen atoms in total. The molecule has 0 aromatic heterocycles. The zero-order valence-electron chi connectivity index (χ0n) is 20.0. The van der Waals surface area contributed by atoms with E-state index in [-0.39, 0.29) is 10.6 Å². The zero-order valence-corrected chi connectivity index (χ0v) is 22.3. The van der Waals surface area contributed by atoms with E-state index in [0.717, 1.165) is 11.3 Å². The molecule has 36 heavy (non-hydrogen) atoms. The van der Waals surface area contributed by atoms with Crippen LogP contribution in [0.5, 0.6) is 5.75 Å². The maximum atomic E-state index is 13.5. The predicted molar refractivity (Wildman–Crippen MR) is 144 cm³/mol. The average Bonchev–Trinajstić information content (AvgIpc) is 2.87. The van der Waals surface area contributed by atoms with Crippen LogP contribution >= 0.6 is 23.2 Å². The van der Waals surface area contributed by atoms with Gasteiger partial charge in [-0.15, -0.1) is 0 Å². The fourth-order valence-electron chi connectivity index (χ4n) is 4.09. The summed E-state index contributed by atoms with van der Waals surface area (Å²) in [5.74, 6) is -0.00677. The van der Waals surface area contributed by atoms with E-state index in [4.69, 9.17) is 27.9 Å². The molecule has 1 saturated heterocycles. The fraction of sp³-hybridized carbons (Fsp3) is 0.269. The van der Waals surface area contributed by atoms with Crippen molar-refractivity contribution in [2.45, 2.75) is 18.7 Å². The number of aryl methyl sites for hydroxylation is 1. The molecule has 1 N–H and O–H groups in total. The second-order valence-corrected chi connectivity index (χ2v) is 11.2. The van der Waals surface area contributed by atoms with Crippen molar-refractivity contribution in [3.05, 3.63) is 81.8 Å². The Balaban J connectivity index is 1.54. The minimum Gasteiger partial charge on any atom is -0.492 e. The molecule has 0 radical (unpaired) electrons. The van der Waals surface area contributed by atoms with Crippen LogP contribution in [0.4, 0.5) is 11.4 Å². The van der Waals surface area contributed by atoms with Crippen LogP contribution < -0.4 is 15.0 Å². The number of rotatable bonds is 7. The van der Waals surface area contributed by atoms with E-state index in [9.17, 15) is 13.2 Å². The van der Waals surface area contributed by atoms with Gasteiger partial charge in [-0.1, -0.05) is 29.3 Å². The van der Waals surface area contributed by atoms with Crippen LogP contribution in [0.25, 0.3) is 0 Å². The lowest BCUT2D eigenvalue weighted by molar-refractivity contribution is 0.102. The van der Waals surface area contributed by atoms with E-state index in [1.165, 1.54) is 16.4 Å². The number of nitrogens with one attached hydrogen (secondary N) is 1. The number of nitrogens with zero attached hydrogens (tertiary/aromatic N) is 2. The van der Waals surface area contributed by atoms with Crippen LogP contribution in [0.2, 0.25) is 10.0 Å². The van der Waals surface area contributed by atoms with Crippen LogP contribution in [-0.2, 0) is 10.0 Å². The minimum absolute atomic E-state index is 0.0877. The largest absolute Gasteiger partial charge is 0.492 e. The summed E-state index contributed by atoms with van der Waals surface area (Å²) in [5.41, 5.74) is 2.77. The molecule has 3 aromatic rings. The quantitative estimate of drug-likeness (QED) is 0.424. The molecule has 4 rings (SSSR count). The monoisotopic (exact) mass is 547 g/mol. The molecule has 0 bridgehead atoms. The number of piperazine rings is 1. The maximum absolute atomic E-state index is 13.5. The Morgan fingerprint density at radius 1 is 0.944 bits per heavy atom. The molecule has 190 valence electrons. The Morgan fingerprint density at radius 2 is 1.61 bits per heavy atom. The van der Waals surface area contributed by atoms with Crippen molar-refractivity contribution in [3.8, 4) is 5.75 Å². The van der Waals surface area contributed by atoms with Crippen molar-refractivity contribution < 1.29 is 17.9 Å². The third-order valence-corrected chi connectivity index (χ3v) is 8.38. The Hall–Kier alpha value is -2.78. The van der Waals surface area contributed by atoms with Gasteiger partial charge in [-0.05, 0) is 74.0 Å². The number of amides is 1. The molecular weight excluding hydrogens is 521 g/mol. The molecule has 1 aliphatic heterocycles. The van der Waals surface area contributed by atoms with E-state index in [1.807, 2.05) is 32.0 Å². The van der Waals surface area contributed by atoms with Crippen LogP contribution in [0.1, 0.15) is 22.8 Å². The van der Waals surface area contributed by atoms with Gasteiger partial charge in [0.25, 0.3) is 5.91 Å². The molecule has 1 fully saturated rings. The minimum atomic E-state index is -3.79. The topological polar surface area (TPSA) is 79.0 Å². The van der Waals surface area contributed by atoms with Gasteiger partial charge in [0.1, 0.15) is 5.75 Å². The number of benzene rings is 3. The smallest absolute Gasteiger partial charge is 0.255 e. The van der Waals surface area contributed by atoms with Crippen molar-refractivity contribution in [3.63, 3.8) is 0 Å². The van der Waals surface area contributed by atoms with Gasteiger partial charge in [-0.2, -0.15) is 4.31 Å². The van der Waals surface area contributed by atoms with Crippen LogP contribution in [0.15, 0.2) is 65.6 Å². The molecule has 0 saturated carbocycles. The van der Waals surface area contributed by atoms with E-state index < -0.39 is 15.9 Å². The van der Waals surface area contributed by atoms with Gasteiger partial charge in [-0.25, -0.2) is 8.42 Å². The highest BCUT2D eigenvalue weighted by atomic mass is 35.5. The molecule has 1 aliphatic rings. The lowest BCUT2D eigenvalue weighted by atomic mass is 10.1. The van der Waals surface area contributed by atoms with Gasteiger partial charge >= 0.3 is 0 Å². The van der Waals surface area contributed by atoms with Gasteiger partial charge in [-0.3, -0.25) is 4.79 Å². The number of carbonyl (C=O) groups excluding carboxylic acids is 1. The molecule has 0 spiro atoms. The van der Waals surface area contributed by atoms with Gasteiger partial charge in [0.05, 0.1) is 17.2 Å². The zero-order chi connectivity index (χ0) is 25.9. The van der Waals surface area contributed by atoms with Gasteiger partial charge in [0.15, 0.2) is 0 Å². The van der Waals surface area contributed by atoms with Crippen LogP contribution in [0, 0.1) is 6.92 Å². The summed E-state index contributed by atoms with van der Waals surface area (Å²) < 4.78 is 34.1. The standard InChI is InChI=1S/C26H27Cl2N3O4S/c1-3-35-25-11-10-22(17-23(25)29-26(32)19-5-8-20(27)9-6-19)36(33,34)31-14-12-30(13-15-31)24-16-21(28)7-4-18(24)2/h4-11,16-17H,3,12-15H2,1-2H3,(H,29,32). The molecule has 10 heteroatoms. The molecule has 0 unspecified atom stereocenters. The van der Waals surface area contributed by atoms with Crippen molar-refractivity contribution in [2.75, 3.05) is 43.0 Å². The Bertz CT molecular complexity index is 1360. The summed E-state index contributed by atoms with van der Waals surface area (Å²) in [5, 5.41) is 3.94. The molecule has 3 aromatic carbocycles. The first-order valence-electron chi connectivity index (χ1n) is 11.5. The number of ether oxygens (including phenoxy) is 1. The highest BCUT2D eigenvalue weighted by Crippen LogP contribution is 2.31. The Kier molecular flexibility index (Phi) is 8.10. The maximum Gasteiger partial charge on any atom is 0.255 e. The SMILES string of the molecule is CCOc1ccc(S(=O)(=O)N2CCN(c3cc(Cl)ccc3C)CC2)cc1NC(=O)c1ccc(Cl)cc1. The number of halogens is 2. The van der Waals surface area contributed by atoms with Gasteiger partial charge in [0.2, 0.25) is 10.0 Å². The number of hydrogen-bond acceptors (Lipinski definition) is 5. The van der Waals surface area contributed by atoms with Gasteiger partial charge < -0.3 is 15.0 Å². The summed E-state index contributed by atoms with van der Waals surface area (Å²) in [6.07, 6.45) is 0. The fourth-order valence-corrected chi connectivity index (χ4v) is 5.83. The van der Waals surface area contributed by atoms with Gasteiger partial charge in [0, 0.05) is 47.5 Å². The van der Waals surface area contributed by atoms with Crippen LogP contribution in [-0.4, -0.2) is 51.4 Å². The van der Waals surface area contributed by atoms with Crippen molar-refractivity contribution in [1.29, 1.82) is 0 Å². The average molecular weight is 548 g/mol. The summed E-state index contributed by atoms with van der Waals surface area (Å²) >= 11 is 12.1. The number of anilines is 2. The number of carbonyl (C=O) groups is 1. The van der Waals surface area contributed by atoms with Crippen LogP contribution in [0.3, 0.4) is 0 Å². The van der Waals surface area contributed by atoms with Crippen molar-refractivity contribution in [2.24, 2.45) is 0 Å². The first kappa shape index (κ1) is 26.3. The summed E-state index contributed by atoms with van der Waals surface area (Å²) in [6.45, 7) is 5.92. The van der Waals surface area contributed by atoms with E-state index in [1.54, 1.807) is 30.3 Å². The molecular formula is C26H27Cl2N3O4S. The second kappa shape index (κ2) is 11.1. The van der Waals surface area contributed by atoms with E-state index in [2.05, 4.69) is 10.2 Å². The third kappa shape index (κ3) is 5.78. The molecule has 0 atom stereocenters. The normalized spacial score (nSPS) is 14.5. The highest BCUT2D eigenvalue weighted by Gasteiger charge is 2.30. The molecule has 1 heterocycles.